The summed E-state index contributed by atoms with van der Waals surface area (Å²) >= 11 is 0. The van der Waals surface area contributed by atoms with Gasteiger partial charge in [-0.25, -0.2) is 4.39 Å². The molecule has 36 heavy (non-hydrogen) atoms. The zero-order valence-electron chi connectivity index (χ0n) is 20.9. The third kappa shape index (κ3) is 6.59. The Morgan fingerprint density at radius 3 is 2.44 bits per heavy atom. The van der Waals surface area contributed by atoms with Gasteiger partial charge in [0.2, 0.25) is 0 Å². The lowest BCUT2D eigenvalue weighted by molar-refractivity contribution is 0.0939. The van der Waals surface area contributed by atoms with Crippen LogP contribution in [0.25, 0.3) is 11.3 Å². The van der Waals surface area contributed by atoms with Crippen LogP contribution in [0.4, 0.5) is 4.39 Å². The number of hydrogen-bond donors (Lipinski definition) is 3. The standard InChI is InChI=1S/C28H33FN2O5/c1-4-19-15-23(20-5-8-22(29)9-6-20)31-26(16-19)28(2,11-12-32)18-30-27(34)21-7-10-24(36-14-13-33)25(17-21)35-3/h5-10,15-17,32-33H,4,11-14,18H2,1-3H3,(H,30,34). The van der Waals surface area contributed by atoms with Gasteiger partial charge in [-0.3, -0.25) is 9.78 Å². The van der Waals surface area contributed by atoms with Crippen LogP contribution >= 0.6 is 0 Å². The fraction of sp³-hybridized carbons (Fsp3) is 0.357. The van der Waals surface area contributed by atoms with Crippen molar-refractivity contribution >= 4 is 5.91 Å². The Bertz CT molecular complexity index is 1170. The number of ether oxygens (including phenoxy) is 2. The molecule has 1 atom stereocenters. The van der Waals surface area contributed by atoms with Gasteiger partial charge in [0.05, 0.1) is 19.4 Å². The van der Waals surface area contributed by atoms with Crippen molar-refractivity contribution in [2.75, 3.05) is 33.5 Å². The fourth-order valence-corrected chi connectivity index (χ4v) is 3.88. The molecule has 1 amide bonds. The quantitative estimate of drug-likeness (QED) is 0.352. The molecule has 1 unspecified atom stereocenters. The van der Waals surface area contributed by atoms with E-state index in [0.717, 1.165) is 23.2 Å². The van der Waals surface area contributed by atoms with Crippen molar-refractivity contribution in [3.63, 3.8) is 0 Å². The Morgan fingerprint density at radius 1 is 1.06 bits per heavy atom. The van der Waals surface area contributed by atoms with Crippen molar-refractivity contribution in [1.29, 1.82) is 0 Å². The van der Waals surface area contributed by atoms with Gasteiger partial charge in [0, 0.05) is 35.4 Å². The normalized spacial score (nSPS) is 12.6. The van der Waals surface area contributed by atoms with E-state index in [1.54, 1.807) is 30.3 Å². The number of pyridine rings is 1. The minimum Gasteiger partial charge on any atom is -0.493 e. The second-order valence-electron chi connectivity index (χ2n) is 8.76. The first-order chi connectivity index (χ1) is 17.3. The number of carbonyl (C=O) groups excluding carboxylic acids is 1. The summed E-state index contributed by atoms with van der Waals surface area (Å²) in [7, 11) is 1.48. The average molecular weight is 497 g/mol. The molecule has 0 saturated carbocycles. The summed E-state index contributed by atoms with van der Waals surface area (Å²) in [5.74, 6) is 0.192. The predicted molar refractivity (Wildman–Crippen MR) is 136 cm³/mol. The second kappa shape index (κ2) is 12.5. The van der Waals surface area contributed by atoms with E-state index in [-0.39, 0.29) is 38.1 Å². The molecule has 7 nitrogen and oxygen atoms in total. The molecule has 0 aliphatic rings. The first-order valence-corrected chi connectivity index (χ1v) is 11.9. The molecule has 0 radical (unpaired) electrons. The molecular formula is C28H33FN2O5. The van der Waals surface area contributed by atoms with Crippen LogP contribution in [0.5, 0.6) is 11.5 Å². The minimum atomic E-state index is -0.654. The van der Waals surface area contributed by atoms with Gasteiger partial charge in [-0.05, 0) is 73.0 Å². The Hall–Kier alpha value is -3.49. The van der Waals surface area contributed by atoms with Crippen LogP contribution in [0.2, 0.25) is 0 Å². The van der Waals surface area contributed by atoms with E-state index < -0.39 is 5.41 Å². The topological polar surface area (TPSA) is 101 Å². The minimum absolute atomic E-state index is 0.0823. The number of nitrogens with zero attached hydrogens (tertiary/aromatic N) is 1. The third-order valence-electron chi connectivity index (χ3n) is 6.13. The number of rotatable bonds is 12. The second-order valence-corrected chi connectivity index (χ2v) is 8.76. The SMILES string of the molecule is CCc1cc(-c2ccc(F)cc2)nc(C(C)(CCO)CNC(=O)c2ccc(OCCO)c(OC)c2)c1. The summed E-state index contributed by atoms with van der Waals surface area (Å²) in [5.41, 5.74) is 3.02. The van der Waals surface area contributed by atoms with Gasteiger partial charge in [-0.1, -0.05) is 13.8 Å². The van der Waals surface area contributed by atoms with Crippen LogP contribution in [0, 0.1) is 5.82 Å². The molecule has 0 aliphatic heterocycles. The van der Waals surface area contributed by atoms with Crippen LogP contribution in [-0.2, 0) is 11.8 Å². The highest BCUT2D eigenvalue weighted by atomic mass is 19.1. The van der Waals surface area contributed by atoms with Gasteiger partial charge in [0.15, 0.2) is 11.5 Å². The van der Waals surface area contributed by atoms with Crippen molar-refractivity contribution in [2.45, 2.75) is 32.1 Å². The van der Waals surface area contributed by atoms with Gasteiger partial charge in [0.1, 0.15) is 12.4 Å². The summed E-state index contributed by atoms with van der Waals surface area (Å²) in [6, 6.07) is 15.0. The van der Waals surface area contributed by atoms with E-state index >= 15 is 0 Å². The van der Waals surface area contributed by atoms with Gasteiger partial charge < -0.3 is 25.0 Å². The molecule has 3 rings (SSSR count). The summed E-state index contributed by atoms with van der Waals surface area (Å²) in [4.78, 5) is 17.8. The molecule has 0 fully saturated rings. The molecule has 192 valence electrons. The van der Waals surface area contributed by atoms with E-state index in [1.165, 1.54) is 19.2 Å². The monoisotopic (exact) mass is 496 g/mol. The van der Waals surface area contributed by atoms with Crippen LogP contribution in [0.1, 0.15) is 41.9 Å². The van der Waals surface area contributed by atoms with Gasteiger partial charge in [0.25, 0.3) is 5.91 Å². The molecule has 3 N–H and O–H groups in total. The number of hydrogen-bond acceptors (Lipinski definition) is 6. The van der Waals surface area contributed by atoms with Crippen molar-refractivity contribution in [3.8, 4) is 22.8 Å². The van der Waals surface area contributed by atoms with E-state index in [0.29, 0.717) is 29.2 Å². The number of amides is 1. The van der Waals surface area contributed by atoms with Crippen molar-refractivity contribution < 1.29 is 28.9 Å². The lowest BCUT2D eigenvalue weighted by Crippen LogP contribution is -2.40. The fourth-order valence-electron chi connectivity index (χ4n) is 3.88. The third-order valence-corrected chi connectivity index (χ3v) is 6.13. The smallest absolute Gasteiger partial charge is 0.251 e. The number of aliphatic hydroxyl groups is 2. The summed E-state index contributed by atoms with van der Waals surface area (Å²) in [6.45, 7) is 4.13. The van der Waals surface area contributed by atoms with Gasteiger partial charge >= 0.3 is 0 Å². The lowest BCUT2D eigenvalue weighted by atomic mass is 9.81. The van der Waals surface area contributed by atoms with Crippen LogP contribution in [0.3, 0.4) is 0 Å². The number of nitrogens with one attached hydrogen (secondary N) is 1. The predicted octanol–water partition coefficient (Wildman–Crippen LogP) is 3.90. The molecule has 0 saturated heterocycles. The number of methoxy groups -OCH3 is 1. The maximum Gasteiger partial charge on any atom is 0.251 e. The number of aromatic nitrogens is 1. The van der Waals surface area contributed by atoms with E-state index in [9.17, 15) is 14.3 Å². The Kier molecular flexibility index (Phi) is 9.38. The average Bonchev–Trinajstić information content (AvgIpc) is 2.90. The summed E-state index contributed by atoms with van der Waals surface area (Å²) in [5, 5.41) is 21.8. The maximum atomic E-state index is 13.4. The van der Waals surface area contributed by atoms with Crippen molar-refractivity contribution in [3.05, 3.63) is 77.2 Å². The zero-order chi connectivity index (χ0) is 26.1. The van der Waals surface area contributed by atoms with Crippen molar-refractivity contribution in [1.82, 2.24) is 10.3 Å². The lowest BCUT2D eigenvalue weighted by Gasteiger charge is -2.30. The highest BCUT2D eigenvalue weighted by molar-refractivity contribution is 5.95. The molecular weight excluding hydrogens is 463 g/mol. The van der Waals surface area contributed by atoms with Crippen LogP contribution in [0.15, 0.2) is 54.6 Å². The van der Waals surface area contributed by atoms with Gasteiger partial charge in [-0.15, -0.1) is 0 Å². The summed E-state index contributed by atoms with van der Waals surface area (Å²) in [6.07, 6.45) is 1.16. The van der Waals surface area contributed by atoms with E-state index in [4.69, 9.17) is 19.6 Å². The zero-order valence-corrected chi connectivity index (χ0v) is 20.9. The molecule has 3 aromatic rings. The number of benzene rings is 2. The first kappa shape index (κ1) is 27.1. The first-order valence-electron chi connectivity index (χ1n) is 11.9. The summed E-state index contributed by atoms with van der Waals surface area (Å²) < 4.78 is 24.2. The molecule has 8 heteroatoms. The van der Waals surface area contributed by atoms with Crippen molar-refractivity contribution in [2.24, 2.45) is 0 Å². The molecule has 1 heterocycles. The van der Waals surface area contributed by atoms with E-state index in [2.05, 4.69) is 5.32 Å². The Morgan fingerprint density at radius 2 is 1.81 bits per heavy atom. The number of halogens is 1. The molecule has 1 aromatic heterocycles. The van der Waals surface area contributed by atoms with Gasteiger partial charge in [-0.2, -0.15) is 0 Å². The highest BCUT2D eigenvalue weighted by Crippen LogP contribution is 2.31. The number of carbonyl (C=O) groups is 1. The Balaban J connectivity index is 1.86. The number of aryl methyl sites for hydroxylation is 1. The number of aliphatic hydroxyl groups excluding tert-OH is 2. The molecule has 2 aromatic carbocycles. The van der Waals surface area contributed by atoms with Crippen LogP contribution in [-0.4, -0.2) is 54.6 Å². The van der Waals surface area contributed by atoms with Crippen LogP contribution < -0.4 is 14.8 Å². The molecule has 0 aliphatic carbocycles. The molecule has 0 bridgehead atoms. The highest BCUT2D eigenvalue weighted by Gasteiger charge is 2.30. The largest absolute Gasteiger partial charge is 0.493 e. The molecule has 0 spiro atoms. The maximum absolute atomic E-state index is 13.4. The van der Waals surface area contributed by atoms with E-state index in [1.807, 2.05) is 26.0 Å². The Labute approximate surface area is 210 Å².